The maximum Gasteiger partial charge on any atom is 0.304 e. The molecule has 0 bridgehead atoms. The summed E-state index contributed by atoms with van der Waals surface area (Å²) < 4.78 is 1.84. The molecule has 1 unspecified atom stereocenters. The Morgan fingerprint density at radius 1 is 1.07 bits per heavy atom. The number of carbonyl (C=O) groups excluding carboxylic acids is 1. The first-order valence-electron chi connectivity index (χ1n) is 14.5. The molecule has 8 nitrogen and oxygen atoms in total. The molecule has 2 fully saturated rings. The van der Waals surface area contributed by atoms with E-state index in [1.54, 1.807) is 0 Å². The molecule has 9 heteroatoms. The van der Waals surface area contributed by atoms with E-state index in [1.165, 1.54) is 24.2 Å². The molecule has 3 aromatic heterocycles. The number of aryl methyl sites for hydroxylation is 2. The van der Waals surface area contributed by atoms with Crippen molar-refractivity contribution in [1.29, 1.82) is 0 Å². The number of carboxylic acid groups (broad SMARTS) is 1. The number of thiazole rings is 1. The Labute approximate surface area is 244 Å². The van der Waals surface area contributed by atoms with Crippen LogP contribution in [0, 0.1) is 25.7 Å². The molecule has 3 heterocycles. The first-order chi connectivity index (χ1) is 19.9. The van der Waals surface area contributed by atoms with Crippen LogP contribution in [0.5, 0.6) is 0 Å². The highest BCUT2D eigenvalue weighted by molar-refractivity contribution is 7.14. The van der Waals surface area contributed by atoms with E-state index < -0.39 is 11.9 Å². The molecule has 1 atom stereocenters. The second-order valence-corrected chi connectivity index (χ2v) is 12.3. The van der Waals surface area contributed by atoms with Crippen molar-refractivity contribution < 1.29 is 14.7 Å². The van der Waals surface area contributed by atoms with Gasteiger partial charge < -0.3 is 5.11 Å². The lowest BCUT2D eigenvalue weighted by Gasteiger charge is -2.26. The summed E-state index contributed by atoms with van der Waals surface area (Å²) in [5, 5.41) is 16.8. The topological polar surface area (TPSA) is 101 Å². The number of nitrogens with zero attached hydrogens (tertiary/aromatic N) is 5. The van der Waals surface area contributed by atoms with E-state index in [9.17, 15) is 14.7 Å². The van der Waals surface area contributed by atoms with E-state index >= 15 is 0 Å². The maximum atomic E-state index is 13.9. The van der Waals surface area contributed by atoms with Gasteiger partial charge in [-0.25, -0.2) is 14.6 Å². The molecule has 41 heavy (non-hydrogen) atoms. The summed E-state index contributed by atoms with van der Waals surface area (Å²) >= 11 is 1.46. The van der Waals surface area contributed by atoms with Crippen LogP contribution in [-0.4, -0.2) is 42.8 Å². The lowest BCUT2D eigenvalue weighted by molar-refractivity contribution is -0.141. The second kappa shape index (κ2) is 11.6. The van der Waals surface area contributed by atoms with E-state index in [1.807, 2.05) is 71.4 Å². The molecule has 6 rings (SSSR count). The summed E-state index contributed by atoms with van der Waals surface area (Å²) in [6.07, 6.45) is 8.74. The van der Waals surface area contributed by atoms with E-state index in [0.717, 1.165) is 65.3 Å². The number of benzene rings is 1. The van der Waals surface area contributed by atoms with Crippen molar-refractivity contribution in [3.63, 3.8) is 0 Å². The second-order valence-electron chi connectivity index (χ2n) is 11.4. The van der Waals surface area contributed by atoms with Crippen LogP contribution in [-0.2, 0) is 9.59 Å². The lowest BCUT2D eigenvalue weighted by Crippen LogP contribution is -2.39. The van der Waals surface area contributed by atoms with Crippen LogP contribution in [0.4, 0.5) is 5.13 Å². The molecular formula is C32H35N5O3S. The van der Waals surface area contributed by atoms with Gasteiger partial charge in [0.25, 0.3) is 0 Å². The lowest BCUT2D eigenvalue weighted by atomic mass is 9.90. The van der Waals surface area contributed by atoms with Gasteiger partial charge in [0.2, 0.25) is 5.91 Å². The van der Waals surface area contributed by atoms with Crippen LogP contribution in [0.25, 0.3) is 28.2 Å². The normalized spacial score (nSPS) is 16.1. The van der Waals surface area contributed by atoms with Crippen molar-refractivity contribution in [1.82, 2.24) is 19.7 Å². The Bertz CT molecular complexity index is 1550. The van der Waals surface area contributed by atoms with Crippen LogP contribution < -0.4 is 4.90 Å². The number of anilines is 1. The zero-order valence-electron chi connectivity index (χ0n) is 23.5. The smallest absolute Gasteiger partial charge is 0.304 e. The van der Waals surface area contributed by atoms with Crippen molar-refractivity contribution in [2.75, 3.05) is 4.90 Å². The molecule has 1 amide bonds. The van der Waals surface area contributed by atoms with E-state index in [-0.39, 0.29) is 18.4 Å². The van der Waals surface area contributed by atoms with Crippen LogP contribution in [0.3, 0.4) is 0 Å². The van der Waals surface area contributed by atoms with E-state index in [2.05, 4.69) is 16.1 Å². The number of hydrogen-bond donors (Lipinski definition) is 1. The van der Waals surface area contributed by atoms with Gasteiger partial charge in [-0.3, -0.25) is 14.5 Å². The predicted molar refractivity (Wildman–Crippen MR) is 160 cm³/mol. The molecule has 0 radical (unpaired) electrons. The summed E-state index contributed by atoms with van der Waals surface area (Å²) in [6.45, 7) is 3.98. The number of carbonyl (C=O) groups is 2. The summed E-state index contributed by atoms with van der Waals surface area (Å²) in [5.41, 5.74) is 5.71. The standard InChI is InChI=1S/C32H35N5O3S/c1-20-15-21(2)37(35-20)29-14-11-23(18-33-29)26-9-5-6-10-27(26)28-19-41-32(34-28)36(25-12-13-25)31(40)24(17-30(38)39)16-22-7-3-4-8-22/h5-6,9-11,14-15,18-19,22,24-25H,3-4,7-8,12-13,16-17H2,1-2H3,(H,38,39). The van der Waals surface area contributed by atoms with Crippen LogP contribution in [0.1, 0.15) is 62.8 Å². The van der Waals surface area contributed by atoms with Crippen LogP contribution in [0.2, 0.25) is 0 Å². The Hall–Kier alpha value is -3.85. The fraction of sp³-hybridized carbons (Fsp3) is 0.406. The van der Waals surface area contributed by atoms with Gasteiger partial charge in [0, 0.05) is 40.4 Å². The zero-order valence-corrected chi connectivity index (χ0v) is 24.3. The minimum absolute atomic E-state index is 0.0834. The number of rotatable bonds is 10. The van der Waals surface area contributed by atoms with E-state index in [0.29, 0.717) is 17.5 Å². The van der Waals surface area contributed by atoms with Crippen LogP contribution >= 0.6 is 11.3 Å². The average molecular weight is 570 g/mol. The number of amides is 1. The van der Waals surface area contributed by atoms with Crippen molar-refractivity contribution >= 4 is 28.3 Å². The van der Waals surface area contributed by atoms with E-state index in [4.69, 9.17) is 4.98 Å². The molecule has 212 valence electrons. The minimum Gasteiger partial charge on any atom is -0.481 e. The van der Waals surface area contributed by atoms with Gasteiger partial charge in [-0.1, -0.05) is 49.9 Å². The highest BCUT2D eigenvalue weighted by Crippen LogP contribution is 2.40. The molecule has 1 aromatic carbocycles. The van der Waals surface area contributed by atoms with Gasteiger partial charge in [-0.15, -0.1) is 11.3 Å². The number of hydrogen-bond acceptors (Lipinski definition) is 6. The quantitative estimate of drug-likeness (QED) is 0.224. The molecule has 0 saturated heterocycles. The zero-order chi connectivity index (χ0) is 28.5. The Balaban J connectivity index is 1.27. The molecule has 1 N–H and O–H groups in total. The van der Waals surface area contributed by atoms with Gasteiger partial charge in [-0.05, 0) is 62.8 Å². The third kappa shape index (κ3) is 5.95. The first-order valence-corrected chi connectivity index (χ1v) is 15.3. The highest BCUT2D eigenvalue weighted by Gasteiger charge is 2.40. The Morgan fingerprint density at radius 2 is 1.83 bits per heavy atom. The van der Waals surface area contributed by atoms with Gasteiger partial charge >= 0.3 is 5.97 Å². The molecule has 2 saturated carbocycles. The molecule has 2 aliphatic rings. The van der Waals surface area contributed by atoms with Crippen LogP contribution in [0.15, 0.2) is 54.0 Å². The fourth-order valence-electron chi connectivity index (χ4n) is 6.08. The van der Waals surface area contributed by atoms with Crippen molar-refractivity contribution in [2.24, 2.45) is 11.8 Å². The van der Waals surface area contributed by atoms with Crippen molar-refractivity contribution in [3.05, 3.63) is 65.4 Å². The largest absolute Gasteiger partial charge is 0.481 e. The Kier molecular flexibility index (Phi) is 7.71. The first kappa shape index (κ1) is 27.3. The number of aromatic nitrogens is 4. The molecule has 4 aromatic rings. The number of pyridine rings is 1. The molecular weight excluding hydrogens is 534 g/mol. The highest BCUT2D eigenvalue weighted by atomic mass is 32.1. The number of aliphatic carboxylic acids is 1. The van der Waals surface area contributed by atoms with Gasteiger partial charge in [0.1, 0.15) is 0 Å². The van der Waals surface area contributed by atoms with Gasteiger partial charge in [0.05, 0.1) is 17.8 Å². The SMILES string of the molecule is Cc1cc(C)n(-c2ccc(-c3ccccc3-c3csc(N(C(=O)C(CC(=O)O)CC4CCCC4)C4CC4)n3)cn2)n1. The predicted octanol–water partition coefficient (Wildman–Crippen LogP) is 6.84. The third-order valence-corrected chi connectivity index (χ3v) is 9.04. The minimum atomic E-state index is -0.914. The monoisotopic (exact) mass is 569 g/mol. The Morgan fingerprint density at radius 3 is 2.46 bits per heavy atom. The fourth-order valence-corrected chi connectivity index (χ4v) is 6.98. The number of carboxylic acids is 1. The molecule has 0 aliphatic heterocycles. The van der Waals surface area contributed by atoms with Crippen molar-refractivity contribution in [2.45, 2.75) is 71.3 Å². The third-order valence-electron chi connectivity index (χ3n) is 8.20. The molecule has 2 aliphatic carbocycles. The maximum absolute atomic E-state index is 13.9. The van der Waals surface area contributed by atoms with Crippen molar-refractivity contribution in [3.8, 4) is 28.2 Å². The summed E-state index contributed by atoms with van der Waals surface area (Å²) in [7, 11) is 0. The average Bonchev–Trinajstić information content (AvgIpc) is 3.30. The summed E-state index contributed by atoms with van der Waals surface area (Å²) in [4.78, 5) is 37.1. The molecule has 0 spiro atoms. The van der Waals surface area contributed by atoms with Gasteiger partial charge in [0.15, 0.2) is 10.9 Å². The summed E-state index contributed by atoms with van der Waals surface area (Å²) in [5.74, 6) is -0.310. The van der Waals surface area contributed by atoms with Gasteiger partial charge in [-0.2, -0.15) is 5.10 Å². The summed E-state index contributed by atoms with van der Waals surface area (Å²) in [6, 6.07) is 14.2.